The molecule has 0 radical (unpaired) electrons. The predicted octanol–water partition coefficient (Wildman–Crippen LogP) is 2.11. The van der Waals surface area contributed by atoms with Crippen LogP contribution < -0.4 is 10.5 Å². The average Bonchev–Trinajstić information content (AvgIpc) is 2.82. The van der Waals surface area contributed by atoms with Gasteiger partial charge in [0.2, 0.25) is 10.0 Å². The summed E-state index contributed by atoms with van der Waals surface area (Å²) in [5.41, 5.74) is 1.61. The van der Waals surface area contributed by atoms with Gasteiger partial charge in [-0.2, -0.15) is 0 Å². The molecule has 0 saturated heterocycles. The summed E-state index contributed by atoms with van der Waals surface area (Å²) < 4.78 is 27.3. The van der Waals surface area contributed by atoms with Crippen molar-refractivity contribution >= 4 is 15.7 Å². The molecule has 1 unspecified atom stereocenters. The summed E-state index contributed by atoms with van der Waals surface area (Å²) >= 11 is 0. The molecule has 2 rings (SSSR count). The lowest BCUT2D eigenvalue weighted by Crippen LogP contribution is -2.18. The van der Waals surface area contributed by atoms with Crippen molar-refractivity contribution in [2.45, 2.75) is 25.1 Å². The normalized spacial score (nSPS) is 13.1. The van der Waals surface area contributed by atoms with Crippen molar-refractivity contribution in [2.75, 3.05) is 5.32 Å². The maximum absolute atomic E-state index is 11.0. The van der Waals surface area contributed by atoms with Crippen LogP contribution in [0.3, 0.4) is 0 Å². The number of primary sulfonamides is 1. The van der Waals surface area contributed by atoms with Crippen LogP contribution in [0.2, 0.25) is 0 Å². The zero-order valence-corrected chi connectivity index (χ0v) is 12.1. The van der Waals surface area contributed by atoms with E-state index >= 15 is 0 Å². The molecular weight excluding hydrogens is 276 g/mol. The summed E-state index contributed by atoms with van der Waals surface area (Å²) in [6, 6.07) is 11.2. The molecular formula is C14H18N2O3S. The van der Waals surface area contributed by atoms with Gasteiger partial charge in [0.15, 0.2) is 0 Å². The lowest BCUT2D eigenvalue weighted by Gasteiger charge is -2.14. The lowest BCUT2D eigenvalue weighted by molar-refractivity contribution is 0.498. The monoisotopic (exact) mass is 294 g/mol. The zero-order valence-electron chi connectivity index (χ0n) is 11.2. The van der Waals surface area contributed by atoms with Crippen molar-refractivity contribution in [1.29, 1.82) is 0 Å². The minimum absolute atomic E-state index is 0.144. The van der Waals surface area contributed by atoms with Gasteiger partial charge in [0, 0.05) is 18.2 Å². The molecule has 0 bridgehead atoms. The van der Waals surface area contributed by atoms with Crippen LogP contribution in [-0.4, -0.2) is 14.5 Å². The van der Waals surface area contributed by atoms with Crippen molar-refractivity contribution in [3.05, 3.63) is 54.0 Å². The van der Waals surface area contributed by atoms with E-state index in [9.17, 15) is 8.42 Å². The van der Waals surface area contributed by atoms with Crippen LogP contribution in [0.25, 0.3) is 0 Å². The SMILES string of the molecule is CC(Cc1ccco1)Nc1ccc(CS(N)(=O)=O)cc1. The molecule has 1 aromatic carbocycles. The molecule has 5 nitrogen and oxygen atoms in total. The highest BCUT2D eigenvalue weighted by Crippen LogP contribution is 2.14. The van der Waals surface area contributed by atoms with Crippen molar-refractivity contribution < 1.29 is 12.8 Å². The van der Waals surface area contributed by atoms with Crippen molar-refractivity contribution in [3.8, 4) is 0 Å². The number of hydrogen-bond acceptors (Lipinski definition) is 4. The van der Waals surface area contributed by atoms with E-state index in [1.54, 1.807) is 18.4 Å². The van der Waals surface area contributed by atoms with Gasteiger partial charge >= 0.3 is 0 Å². The van der Waals surface area contributed by atoms with Crippen molar-refractivity contribution in [1.82, 2.24) is 0 Å². The van der Waals surface area contributed by atoms with Crippen LogP contribution in [0.15, 0.2) is 47.1 Å². The summed E-state index contributed by atoms with van der Waals surface area (Å²) in [4.78, 5) is 0. The highest BCUT2D eigenvalue weighted by molar-refractivity contribution is 7.88. The molecule has 1 heterocycles. The van der Waals surface area contributed by atoms with E-state index < -0.39 is 10.0 Å². The molecule has 108 valence electrons. The second-order valence-electron chi connectivity index (χ2n) is 4.83. The minimum Gasteiger partial charge on any atom is -0.469 e. The molecule has 6 heteroatoms. The smallest absolute Gasteiger partial charge is 0.213 e. The zero-order chi connectivity index (χ0) is 14.6. The summed E-state index contributed by atoms with van der Waals surface area (Å²) in [7, 11) is -3.48. The summed E-state index contributed by atoms with van der Waals surface area (Å²) in [6.07, 6.45) is 2.44. The third-order valence-electron chi connectivity index (χ3n) is 2.82. The van der Waals surface area contributed by atoms with Gasteiger partial charge in [-0.05, 0) is 36.8 Å². The largest absolute Gasteiger partial charge is 0.469 e. The first-order chi connectivity index (χ1) is 9.42. The van der Waals surface area contributed by atoms with E-state index in [-0.39, 0.29) is 11.8 Å². The Balaban J connectivity index is 1.93. The number of benzene rings is 1. The van der Waals surface area contributed by atoms with Gasteiger partial charge in [0.05, 0.1) is 12.0 Å². The molecule has 1 atom stereocenters. The van der Waals surface area contributed by atoms with Crippen LogP contribution in [0.1, 0.15) is 18.2 Å². The topological polar surface area (TPSA) is 85.3 Å². The van der Waals surface area contributed by atoms with Crippen LogP contribution >= 0.6 is 0 Å². The van der Waals surface area contributed by atoms with Gasteiger partial charge in [-0.25, -0.2) is 13.6 Å². The Hall–Kier alpha value is -1.79. The van der Waals surface area contributed by atoms with E-state index in [0.29, 0.717) is 5.56 Å². The fourth-order valence-corrected chi connectivity index (χ4v) is 2.65. The Bertz CT molecular complexity index is 634. The van der Waals surface area contributed by atoms with Gasteiger partial charge in [-0.15, -0.1) is 0 Å². The summed E-state index contributed by atoms with van der Waals surface area (Å²) in [6.45, 7) is 2.06. The Kier molecular flexibility index (Phi) is 4.46. The third-order valence-corrected chi connectivity index (χ3v) is 3.56. The minimum atomic E-state index is -3.48. The first-order valence-electron chi connectivity index (χ1n) is 6.31. The fraction of sp³-hybridized carbons (Fsp3) is 0.286. The first kappa shape index (κ1) is 14.6. The maximum atomic E-state index is 11.0. The van der Waals surface area contributed by atoms with Crippen LogP contribution in [0.4, 0.5) is 5.69 Å². The number of nitrogens with one attached hydrogen (secondary N) is 1. The number of nitrogens with two attached hydrogens (primary N) is 1. The van der Waals surface area contributed by atoms with E-state index in [1.807, 2.05) is 24.3 Å². The fourth-order valence-electron chi connectivity index (χ4n) is 2.00. The quantitative estimate of drug-likeness (QED) is 0.854. The second-order valence-corrected chi connectivity index (χ2v) is 6.45. The molecule has 3 N–H and O–H groups in total. The number of anilines is 1. The van der Waals surface area contributed by atoms with Gasteiger partial charge < -0.3 is 9.73 Å². The Labute approximate surface area is 118 Å². The van der Waals surface area contributed by atoms with E-state index in [0.717, 1.165) is 17.9 Å². The molecule has 2 aromatic rings. The van der Waals surface area contributed by atoms with Crippen LogP contribution in [0.5, 0.6) is 0 Å². The molecule has 0 aliphatic heterocycles. The molecule has 0 aliphatic rings. The third kappa shape index (κ3) is 4.71. The van der Waals surface area contributed by atoms with Gasteiger partial charge in [-0.3, -0.25) is 0 Å². The first-order valence-corrected chi connectivity index (χ1v) is 8.02. The number of rotatable bonds is 6. The van der Waals surface area contributed by atoms with Crippen molar-refractivity contribution in [3.63, 3.8) is 0 Å². The predicted molar refractivity (Wildman–Crippen MR) is 78.7 cm³/mol. The summed E-state index contributed by atoms with van der Waals surface area (Å²) in [5.74, 6) is 0.783. The van der Waals surface area contributed by atoms with Crippen LogP contribution in [0, 0.1) is 0 Å². The second kappa shape index (κ2) is 6.11. The Morgan fingerprint density at radius 2 is 1.95 bits per heavy atom. The van der Waals surface area contributed by atoms with Gasteiger partial charge in [-0.1, -0.05) is 12.1 Å². The molecule has 0 aliphatic carbocycles. The van der Waals surface area contributed by atoms with E-state index in [1.165, 1.54) is 0 Å². The molecule has 0 fully saturated rings. The highest BCUT2D eigenvalue weighted by Gasteiger charge is 2.07. The molecule has 1 aromatic heterocycles. The number of sulfonamides is 1. The average molecular weight is 294 g/mol. The Morgan fingerprint density at radius 1 is 1.25 bits per heavy atom. The van der Waals surface area contributed by atoms with Gasteiger partial charge in [0.1, 0.15) is 5.76 Å². The van der Waals surface area contributed by atoms with Crippen LogP contribution in [-0.2, 0) is 22.2 Å². The maximum Gasteiger partial charge on any atom is 0.213 e. The van der Waals surface area contributed by atoms with Crippen molar-refractivity contribution in [2.24, 2.45) is 5.14 Å². The number of hydrogen-bond donors (Lipinski definition) is 2. The molecule has 0 amide bonds. The molecule has 20 heavy (non-hydrogen) atoms. The standard InChI is InChI=1S/C14H18N2O3S/c1-11(9-14-3-2-8-19-14)16-13-6-4-12(5-7-13)10-20(15,17)18/h2-8,11,16H,9-10H2,1H3,(H2,15,17,18). The summed E-state index contributed by atoms with van der Waals surface area (Å²) in [5, 5.41) is 8.34. The lowest BCUT2D eigenvalue weighted by atomic mass is 10.1. The Morgan fingerprint density at radius 3 is 2.50 bits per heavy atom. The van der Waals surface area contributed by atoms with Gasteiger partial charge in [0.25, 0.3) is 0 Å². The van der Waals surface area contributed by atoms with E-state index in [4.69, 9.17) is 9.56 Å². The molecule has 0 spiro atoms. The van der Waals surface area contributed by atoms with E-state index in [2.05, 4.69) is 12.2 Å². The molecule has 0 saturated carbocycles. The number of furan rings is 1. The highest BCUT2D eigenvalue weighted by atomic mass is 32.2.